The van der Waals surface area contributed by atoms with Gasteiger partial charge >= 0.3 is 0 Å². The number of carbonyl (C=O) groups excluding carboxylic acids is 1. The zero-order chi connectivity index (χ0) is 15.0. The Morgan fingerprint density at radius 1 is 1.29 bits per heavy atom. The molecule has 1 amide bonds. The van der Waals surface area contributed by atoms with Crippen LogP contribution in [0.3, 0.4) is 0 Å². The molecule has 1 aromatic carbocycles. The first kappa shape index (κ1) is 13.4. The van der Waals surface area contributed by atoms with Gasteiger partial charge in [-0.05, 0) is 49.1 Å². The summed E-state index contributed by atoms with van der Waals surface area (Å²) >= 11 is 0. The van der Waals surface area contributed by atoms with Crippen LogP contribution >= 0.6 is 0 Å². The number of amides is 1. The van der Waals surface area contributed by atoms with Crippen molar-refractivity contribution >= 4 is 17.4 Å². The molecule has 1 fully saturated rings. The summed E-state index contributed by atoms with van der Waals surface area (Å²) in [6, 6.07) is 7.75. The van der Waals surface area contributed by atoms with E-state index in [9.17, 15) is 4.79 Å². The topological polar surface area (TPSA) is 94.0 Å². The Hall–Kier alpha value is -2.56. The molecule has 2 aromatic rings. The van der Waals surface area contributed by atoms with E-state index in [2.05, 4.69) is 10.3 Å². The van der Waals surface area contributed by atoms with Crippen molar-refractivity contribution in [3.63, 3.8) is 0 Å². The average Bonchev–Trinajstić information content (AvgIpc) is 3.23. The Kier molecular flexibility index (Phi) is 3.25. The molecule has 1 heterocycles. The van der Waals surface area contributed by atoms with E-state index in [0.29, 0.717) is 17.3 Å². The zero-order valence-corrected chi connectivity index (χ0v) is 11.9. The Labute approximate surface area is 123 Å². The van der Waals surface area contributed by atoms with Crippen LogP contribution in [-0.2, 0) is 0 Å². The highest BCUT2D eigenvalue weighted by molar-refractivity contribution is 5.99. The van der Waals surface area contributed by atoms with Crippen molar-refractivity contribution in [3.05, 3.63) is 41.6 Å². The first-order valence-electron chi connectivity index (χ1n) is 6.97. The van der Waals surface area contributed by atoms with Crippen LogP contribution in [0.5, 0.6) is 0 Å². The van der Waals surface area contributed by atoms with Crippen LogP contribution in [0.4, 0.5) is 11.5 Å². The van der Waals surface area contributed by atoms with Gasteiger partial charge in [-0.2, -0.15) is 0 Å². The third-order valence-corrected chi connectivity index (χ3v) is 3.64. The van der Waals surface area contributed by atoms with E-state index in [-0.39, 0.29) is 11.7 Å². The van der Waals surface area contributed by atoms with Crippen molar-refractivity contribution in [2.75, 3.05) is 11.5 Å². The number of nitrogens with two attached hydrogens (primary N) is 2. The summed E-state index contributed by atoms with van der Waals surface area (Å²) < 4.78 is 0. The van der Waals surface area contributed by atoms with Gasteiger partial charge in [0.15, 0.2) is 0 Å². The Balaban J connectivity index is 1.97. The van der Waals surface area contributed by atoms with Gasteiger partial charge in [0, 0.05) is 23.5 Å². The molecule has 0 unspecified atom stereocenters. The number of anilines is 2. The maximum atomic E-state index is 12.2. The van der Waals surface area contributed by atoms with Gasteiger partial charge in [-0.25, -0.2) is 4.98 Å². The number of aryl methyl sites for hydroxylation is 1. The van der Waals surface area contributed by atoms with Gasteiger partial charge in [-0.1, -0.05) is 6.07 Å². The number of aromatic nitrogens is 1. The molecule has 1 aromatic heterocycles. The molecular formula is C16H18N4O. The normalized spacial score (nSPS) is 14.0. The summed E-state index contributed by atoms with van der Waals surface area (Å²) in [5.41, 5.74) is 15.6. The summed E-state index contributed by atoms with van der Waals surface area (Å²) in [6.45, 7) is 1.98. The summed E-state index contributed by atoms with van der Waals surface area (Å²) in [5, 5.41) is 2.93. The van der Waals surface area contributed by atoms with Gasteiger partial charge in [-0.3, -0.25) is 4.79 Å². The van der Waals surface area contributed by atoms with Gasteiger partial charge in [0.1, 0.15) is 5.82 Å². The summed E-state index contributed by atoms with van der Waals surface area (Å²) in [7, 11) is 0. The van der Waals surface area contributed by atoms with E-state index in [1.165, 1.54) is 0 Å². The maximum absolute atomic E-state index is 12.2. The summed E-state index contributed by atoms with van der Waals surface area (Å²) in [6.07, 6.45) is 3.76. The molecule has 3 rings (SSSR count). The van der Waals surface area contributed by atoms with Crippen LogP contribution in [0, 0.1) is 6.92 Å². The number of nitrogens with one attached hydrogen (secondary N) is 1. The van der Waals surface area contributed by atoms with Crippen LogP contribution < -0.4 is 16.8 Å². The van der Waals surface area contributed by atoms with Crippen molar-refractivity contribution in [2.24, 2.45) is 0 Å². The van der Waals surface area contributed by atoms with E-state index >= 15 is 0 Å². The second-order valence-electron chi connectivity index (χ2n) is 5.48. The van der Waals surface area contributed by atoms with Crippen molar-refractivity contribution in [3.8, 4) is 11.1 Å². The van der Waals surface area contributed by atoms with Crippen LogP contribution in [0.25, 0.3) is 11.1 Å². The van der Waals surface area contributed by atoms with Crippen molar-refractivity contribution in [1.82, 2.24) is 10.3 Å². The Morgan fingerprint density at radius 3 is 2.71 bits per heavy atom. The molecule has 0 radical (unpaired) electrons. The number of nitrogens with zero attached hydrogens (tertiary/aromatic N) is 1. The number of hydrogen-bond donors (Lipinski definition) is 3. The lowest BCUT2D eigenvalue weighted by Crippen LogP contribution is -2.26. The largest absolute Gasteiger partial charge is 0.399 e. The molecule has 0 bridgehead atoms. The minimum Gasteiger partial charge on any atom is -0.399 e. The van der Waals surface area contributed by atoms with Gasteiger partial charge < -0.3 is 16.8 Å². The number of nitrogen functional groups attached to an aromatic ring is 2. The summed E-state index contributed by atoms with van der Waals surface area (Å²) in [5.74, 6) is 0.0995. The van der Waals surface area contributed by atoms with Gasteiger partial charge in [-0.15, -0.1) is 0 Å². The van der Waals surface area contributed by atoms with E-state index < -0.39 is 0 Å². The first-order valence-corrected chi connectivity index (χ1v) is 6.97. The fourth-order valence-electron chi connectivity index (χ4n) is 2.31. The highest BCUT2D eigenvalue weighted by Crippen LogP contribution is 2.27. The van der Waals surface area contributed by atoms with Gasteiger partial charge in [0.2, 0.25) is 0 Å². The van der Waals surface area contributed by atoms with Crippen molar-refractivity contribution < 1.29 is 4.79 Å². The quantitative estimate of drug-likeness (QED) is 0.751. The second kappa shape index (κ2) is 5.09. The molecule has 0 spiro atoms. The lowest BCUT2D eigenvalue weighted by atomic mass is 10.00. The van der Waals surface area contributed by atoms with E-state index in [4.69, 9.17) is 11.5 Å². The number of rotatable bonds is 3. The molecule has 5 heteroatoms. The molecule has 0 aliphatic heterocycles. The predicted octanol–water partition coefficient (Wildman–Crippen LogP) is 2.11. The molecule has 1 aliphatic rings. The number of benzene rings is 1. The zero-order valence-electron chi connectivity index (χ0n) is 11.9. The standard InChI is InChI=1S/C16H18N4O/c1-9-6-11(17)2-5-13(9)10-7-14(15(18)19-8-10)16(21)20-12-3-4-12/h2,5-8,12H,3-4,17H2,1H3,(H2,18,19)(H,20,21). The number of hydrogen-bond acceptors (Lipinski definition) is 4. The summed E-state index contributed by atoms with van der Waals surface area (Å²) in [4.78, 5) is 16.3. The lowest BCUT2D eigenvalue weighted by molar-refractivity contribution is 0.0951. The maximum Gasteiger partial charge on any atom is 0.255 e. The Morgan fingerprint density at radius 2 is 2.05 bits per heavy atom. The highest BCUT2D eigenvalue weighted by atomic mass is 16.1. The average molecular weight is 282 g/mol. The molecular weight excluding hydrogens is 264 g/mol. The second-order valence-corrected chi connectivity index (χ2v) is 5.48. The third-order valence-electron chi connectivity index (χ3n) is 3.64. The molecule has 1 saturated carbocycles. The minimum absolute atomic E-state index is 0.155. The minimum atomic E-state index is -0.155. The molecule has 0 saturated heterocycles. The number of carbonyl (C=O) groups is 1. The molecule has 108 valence electrons. The molecule has 1 aliphatic carbocycles. The van der Waals surface area contributed by atoms with E-state index in [1.807, 2.05) is 25.1 Å². The number of pyridine rings is 1. The van der Waals surface area contributed by atoms with Gasteiger partial charge in [0.25, 0.3) is 5.91 Å². The van der Waals surface area contributed by atoms with Gasteiger partial charge in [0.05, 0.1) is 5.56 Å². The van der Waals surface area contributed by atoms with Crippen LogP contribution in [0.15, 0.2) is 30.5 Å². The lowest BCUT2D eigenvalue weighted by Gasteiger charge is -2.10. The fourth-order valence-corrected chi connectivity index (χ4v) is 2.31. The van der Waals surface area contributed by atoms with E-state index in [0.717, 1.165) is 29.5 Å². The monoisotopic (exact) mass is 282 g/mol. The van der Waals surface area contributed by atoms with E-state index in [1.54, 1.807) is 12.3 Å². The molecule has 0 atom stereocenters. The highest BCUT2D eigenvalue weighted by Gasteiger charge is 2.25. The fraction of sp³-hybridized carbons (Fsp3) is 0.250. The SMILES string of the molecule is Cc1cc(N)ccc1-c1cnc(N)c(C(=O)NC2CC2)c1. The van der Waals surface area contributed by atoms with Crippen LogP contribution in [0.1, 0.15) is 28.8 Å². The van der Waals surface area contributed by atoms with Crippen LogP contribution in [-0.4, -0.2) is 16.9 Å². The first-order chi connectivity index (χ1) is 10.0. The Bertz CT molecular complexity index is 707. The third kappa shape index (κ3) is 2.81. The molecule has 5 N–H and O–H groups in total. The van der Waals surface area contributed by atoms with Crippen LogP contribution in [0.2, 0.25) is 0 Å². The van der Waals surface area contributed by atoms with Crippen molar-refractivity contribution in [1.29, 1.82) is 0 Å². The molecule has 5 nitrogen and oxygen atoms in total. The molecule has 21 heavy (non-hydrogen) atoms. The predicted molar refractivity (Wildman–Crippen MR) is 83.7 cm³/mol. The smallest absolute Gasteiger partial charge is 0.255 e. The van der Waals surface area contributed by atoms with Crippen molar-refractivity contribution in [2.45, 2.75) is 25.8 Å².